The first-order valence-corrected chi connectivity index (χ1v) is 8.67. The van der Waals surface area contributed by atoms with Gasteiger partial charge in [0.2, 0.25) is 0 Å². The molecule has 0 atom stereocenters. The zero-order chi connectivity index (χ0) is 17.9. The maximum Gasteiger partial charge on any atom is 0.322 e. The number of thiazole rings is 1. The first-order chi connectivity index (χ1) is 12.7. The van der Waals surface area contributed by atoms with Crippen molar-refractivity contribution < 1.29 is 9.21 Å². The Balaban J connectivity index is 1.42. The van der Waals surface area contributed by atoms with E-state index in [1.807, 2.05) is 35.2 Å². The number of aromatic nitrogens is 5. The quantitative estimate of drug-likeness (QED) is 0.583. The van der Waals surface area contributed by atoms with E-state index >= 15 is 0 Å². The van der Waals surface area contributed by atoms with E-state index in [1.54, 1.807) is 24.7 Å². The molecule has 1 aromatic carbocycles. The molecule has 0 spiro atoms. The summed E-state index contributed by atoms with van der Waals surface area (Å²) in [4.78, 5) is 20.6. The minimum absolute atomic E-state index is 0.0399. The van der Waals surface area contributed by atoms with Gasteiger partial charge < -0.3 is 8.98 Å². The molecule has 0 saturated heterocycles. The highest BCUT2D eigenvalue weighted by Crippen LogP contribution is 2.21. The van der Waals surface area contributed by atoms with E-state index in [-0.39, 0.29) is 17.8 Å². The number of nitrogens with one attached hydrogen (secondary N) is 1. The molecular weight excluding hydrogens is 352 g/mol. The van der Waals surface area contributed by atoms with E-state index in [0.29, 0.717) is 17.8 Å². The number of hydrogen-bond donors (Lipinski definition) is 1. The lowest BCUT2D eigenvalue weighted by Gasteiger charge is -2.04. The summed E-state index contributed by atoms with van der Waals surface area (Å²) in [5.74, 6) is -0.0378. The molecule has 3 heterocycles. The molecule has 4 rings (SSSR count). The molecule has 0 aliphatic rings. The monoisotopic (exact) mass is 366 g/mol. The molecule has 0 aliphatic heterocycles. The van der Waals surface area contributed by atoms with Crippen LogP contribution < -0.4 is 5.32 Å². The van der Waals surface area contributed by atoms with Crippen molar-refractivity contribution in [3.8, 4) is 11.6 Å². The van der Waals surface area contributed by atoms with Crippen LogP contribution in [-0.2, 0) is 6.54 Å². The lowest BCUT2D eigenvalue weighted by Crippen LogP contribution is -2.12. The van der Waals surface area contributed by atoms with Gasteiger partial charge in [-0.05, 0) is 24.6 Å². The Morgan fingerprint density at radius 1 is 1.27 bits per heavy atom. The van der Waals surface area contributed by atoms with Gasteiger partial charge >= 0.3 is 6.01 Å². The molecule has 0 saturated carbocycles. The number of hydrogen-bond acceptors (Lipinski definition) is 7. The smallest absolute Gasteiger partial charge is 0.322 e. The lowest BCUT2D eigenvalue weighted by molar-refractivity contribution is 0.102. The number of rotatable bonds is 5. The molecule has 0 fully saturated rings. The van der Waals surface area contributed by atoms with Crippen molar-refractivity contribution in [3.05, 3.63) is 64.5 Å². The van der Waals surface area contributed by atoms with Crippen molar-refractivity contribution in [2.75, 3.05) is 5.32 Å². The average molecular weight is 366 g/mol. The van der Waals surface area contributed by atoms with Crippen LogP contribution in [0.5, 0.6) is 0 Å². The van der Waals surface area contributed by atoms with Crippen LogP contribution in [0.25, 0.3) is 11.6 Å². The van der Waals surface area contributed by atoms with E-state index in [9.17, 15) is 4.79 Å². The lowest BCUT2D eigenvalue weighted by atomic mass is 10.1. The van der Waals surface area contributed by atoms with E-state index in [4.69, 9.17) is 4.42 Å². The van der Waals surface area contributed by atoms with Crippen LogP contribution in [0.15, 0.2) is 52.8 Å². The molecule has 1 amide bonds. The standard InChI is InChI=1S/C17H14N6O2S/c1-11-19-14(9-26-11)16-21-22-17(25-16)20-15(24)13-4-2-12(3-5-13)8-23-7-6-18-10-23/h2-7,9-10H,8H2,1H3,(H,20,22,24). The molecule has 130 valence electrons. The number of aryl methyl sites for hydroxylation is 1. The summed E-state index contributed by atoms with van der Waals surface area (Å²) in [5.41, 5.74) is 2.17. The number of imidazole rings is 1. The third kappa shape index (κ3) is 3.52. The molecule has 0 unspecified atom stereocenters. The second kappa shape index (κ2) is 6.89. The molecule has 4 aromatic rings. The molecule has 0 radical (unpaired) electrons. The van der Waals surface area contributed by atoms with E-state index in [2.05, 4.69) is 25.5 Å². The predicted molar refractivity (Wildman–Crippen MR) is 95.9 cm³/mol. The van der Waals surface area contributed by atoms with Gasteiger partial charge in [-0.1, -0.05) is 17.2 Å². The van der Waals surface area contributed by atoms with Crippen LogP contribution in [0.2, 0.25) is 0 Å². The number of benzene rings is 1. The van der Waals surface area contributed by atoms with Crippen LogP contribution in [0.1, 0.15) is 20.9 Å². The minimum Gasteiger partial charge on any atom is -0.401 e. The second-order valence-electron chi connectivity index (χ2n) is 5.55. The fourth-order valence-corrected chi connectivity index (χ4v) is 2.95. The van der Waals surface area contributed by atoms with Crippen molar-refractivity contribution in [2.45, 2.75) is 13.5 Å². The van der Waals surface area contributed by atoms with Gasteiger partial charge in [0.1, 0.15) is 5.69 Å². The third-order valence-corrected chi connectivity index (χ3v) is 4.40. The van der Waals surface area contributed by atoms with Crippen LogP contribution in [0.4, 0.5) is 6.01 Å². The van der Waals surface area contributed by atoms with Gasteiger partial charge in [0, 0.05) is 29.9 Å². The van der Waals surface area contributed by atoms with Crippen molar-refractivity contribution in [3.63, 3.8) is 0 Å². The number of anilines is 1. The van der Waals surface area contributed by atoms with Gasteiger partial charge in [0.05, 0.1) is 11.3 Å². The Labute approximate surface area is 152 Å². The first-order valence-electron chi connectivity index (χ1n) is 7.79. The molecule has 9 heteroatoms. The Hall–Kier alpha value is -3.33. The van der Waals surface area contributed by atoms with Gasteiger partial charge in [-0.3, -0.25) is 10.1 Å². The van der Waals surface area contributed by atoms with Gasteiger partial charge in [0.25, 0.3) is 11.8 Å². The third-order valence-electron chi connectivity index (χ3n) is 3.62. The Kier molecular flexibility index (Phi) is 4.28. The maximum absolute atomic E-state index is 12.3. The number of carbonyl (C=O) groups excluding carboxylic acids is 1. The molecule has 8 nitrogen and oxygen atoms in total. The summed E-state index contributed by atoms with van der Waals surface area (Å²) in [6, 6.07) is 7.34. The zero-order valence-corrected chi connectivity index (χ0v) is 14.6. The fourth-order valence-electron chi connectivity index (χ4n) is 2.36. The van der Waals surface area contributed by atoms with Crippen LogP contribution in [0.3, 0.4) is 0 Å². The molecule has 26 heavy (non-hydrogen) atoms. The van der Waals surface area contributed by atoms with Gasteiger partial charge in [-0.15, -0.1) is 16.4 Å². The highest BCUT2D eigenvalue weighted by Gasteiger charge is 2.14. The molecule has 3 aromatic heterocycles. The zero-order valence-electron chi connectivity index (χ0n) is 13.8. The number of nitrogens with zero attached hydrogens (tertiary/aromatic N) is 5. The Morgan fingerprint density at radius 2 is 2.12 bits per heavy atom. The Bertz CT molecular complexity index is 1020. The normalized spacial score (nSPS) is 10.8. The highest BCUT2D eigenvalue weighted by atomic mass is 32.1. The number of amides is 1. The van der Waals surface area contributed by atoms with E-state index < -0.39 is 0 Å². The number of carbonyl (C=O) groups is 1. The van der Waals surface area contributed by atoms with Crippen LogP contribution in [-0.4, -0.2) is 30.6 Å². The van der Waals surface area contributed by atoms with Crippen molar-refractivity contribution in [1.82, 2.24) is 24.7 Å². The summed E-state index contributed by atoms with van der Waals surface area (Å²) >= 11 is 1.49. The predicted octanol–water partition coefficient (Wildman–Crippen LogP) is 3.00. The summed E-state index contributed by atoms with van der Waals surface area (Å²) in [5, 5.41) is 13.1. The SMILES string of the molecule is Cc1nc(-c2nnc(NC(=O)c3ccc(Cn4ccnc4)cc3)o2)cs1. The molecular formula is C17H14N6O2S. The largest absolute Gasteiger partial charge is 0.401 e. The topological polar surface area (TPSA) is 98.7 Å². The van der Waals surface area contributed by atoms with Gasteiger partial charge in [0.15, 0.2) is 0 Å². The van der Waals surface area contributed by atoms with E-state index in [0.717, 1.165) is 10.6 Å². The second-order valence-corrected chi connectivity index (χ2v) is 6.61. The summed E-state index contributed by atoms with van der Waals surface area (Å²) < 4.78 is 7.40. The summed E-state index contributed by atoms with van der Waals surface area (Å²) in [6.07, 6.45) is 5.36. The fraction of sp³-hybridized carbons (Fsp3) is 0.118. The average Bonchev–Trinajstić information content (AvgIpc) is 3.38. The van der Waals surface area contributed by atoms with E-state index in [1.165, 1.54) is 11.3 Å². The Morgan fingerprint density at radius 3 is 2.81 bits per heavy atom. The molecule has 0 aliphatic carbocycles. The van der Waals surface area contributed by atoms with Gasteiger partial charge in [-0.2, -0.15) is 0 Å². The first kappa shape index (κ1) is 16.2. The highest BCUT2D eigenvalue weighted by molar-refractivity contribution is 7.09. The van der Waals surface area contributed by atoms with Crippen LogP contribution >= 0.6 is 11.3 Å². The summed E-state index contributed by atoms with van der Waals surface area (Å²) in [6.45, 7) is 2.59. The summed E-state index contributed by atoms with van der Waals surface area (Å²) in [7, 11) is 0. The maximum atomic E-state index is 12.3. The molecule has 1 N–H and O–H groups in total. The van der Waals surface area contributed by atoms with Crippen molar-refractivity contribution in [1.29, 1.82) is 0 Å². The molecule has 0 bridgehead atoms. The minimum atomic E-state index is -0.316. The van der Waals surface area contributed by atoms with Crippen molar-refractivity contribution >= 4 is 23.3 Å². The van der Waals surface area contributed by atoms with Crippen LogP contribution in [0, 0.1) is 6.92 Å². The van der Waals surface area contributed by atoms with Gasteiger partial charge in [-0.25, -0.2) is 9.97 Å². The van der Waals surface area contributed by atoms with Crippen molar-refractivity contribution in [2.24, 2.45) is 0 Å².